The van der Waals surface area contributed by atoms with Crippen LogP contribution in [0.25, 0.3) is 11.3 Å². The van der Waals surface area contributed by atoms with Gasteiger partial charge in [-0.05, 0) is 134 Å². The maximum absolute atomic E-state index is 12.1. The summed E-state index contributed by atoms with van der Waals surface area (Å²) in [6, 6.07) is 16.2. The Bertz CT molecular complexity index is 2010. The lowest BCUT2D eigenvalue weighted by molar-refractivity contribution is -0.172. The Morgan fingerprint density at radius 3 is 2.02 bits per heavy atom. The summed E-state index contributed by atoms with van der Waals surface area (Å²) >= 11 is 0. The second-order valence-electron chi connectivity index (χ2n) is 21.0. The normalized spacial score (nSPS) is 31.2. The van der Waals surface area contributed by atoms with Gasteiger partial charge in [0.15, 0.2) is 0 Å². The number of hydrogen-bond donors (Lipinski definition) is 2. The number of methoxy groups -OCH3 is 2. The second kappa shape index (κ2) is 22.3. The topological polar surface area (TPSA) is 111 Å². The number of halogens is 3. The molecule has 2 aromatic carbocycles. The molecular formula is C54H80F3N3O5S. The largest absolute Gasteiger partial charge is 0.497 e. The zero-order valence-corrected chi connectivity index (χ0v) is 42.2. The summed E-state index contributed by atoms with van der Waals surface area (Å²) in [5.41, 5.74) is 10.7. The molecule has 1 saturated heterocycles. The monoisotopic (exact) mass is 940 g/mol. The molecule has 8 nitrogen and oxygen atoms in total. The summed E-state index contributed by atoms with van der Waals surface area (Å²) in [5, 5.41) is 4.22. The quantitative estimate of drug-likeness (QED) is 0.200. The molecule has 66 heavy (non-hydrogen) atoms. The third-order valence-electron chi connectivity index (χ3n) is 16.8. The van der Waals surface area contributed by atoms with Crippen LogP contribution in [0.2, 0.25) is 0 Å². The minimum atomic E-state index is -4.86. The highest BCUT2D eigenvalue weighted by molar-refractivity contribution is 7.85. The van der Waals surface area contributed by atoms with Crippen LogP contribution in [0.5, 0.6) is 0 Å². The molecule has 2 aromatic rings. The van der Waals surface area contributed by atoms with Crippen molar-refractivity contribution in [2.24, 2.45) is 51.6 Å². The highest BCUT2D eigenvalue weighted by Crippen LogP contribution is 2.72. The van der Waals surface area contributed by atoms with Crippen LogP contribution in [0.4, 0.5) is 13.2 Å². The maximum atomic E-state index is 12.1. The van der Waals surface area contributed by atoms with Gasteiger partial charge in [-0.15, -0.1) is 0 Å². The van der Waals surface area contributed by atoms with E-state index >= 15 is 0 Å². The van der Waals surface area contributed by atoms with Crippen LogP contribution >= 0.6 is 0 Å². The summed E-state index contributed by atoms with van der Waals surface area (Å²) in [6.07, 6.45) is 12.6. The van der Waals surface area contributed by atoms with Crippen LogP contribution in [-0.4, -0.2) is 84.6 Å². The van der Waals surface area contributed by atoms with Gasteiger partial charge in [0.05, 0.1) is 19.8 Å². The van der Waals surface area contributed by atoms with Gasteiger partial charge in [0, 0.05) is 59.6 Å². The number of esters is 1. The fourth-order valence-electron chi connectivity index (χ4n) is 13.7. The summed E-state index contributed by atoms with van der Waals surface area (Å²) in [6.45, 7) is 24.7. The summed E-state index contributed by atoms with van der Waals surface area (Å²) in [7, 11) is 2.49. The first-order chi connectivity index (χ1) is 31.1. The van der Waals surface area contributed by atoms with Crippen LogP contribution in [0, 0.1) is 52.8 Å². The molecular weight excluding hydrogens is 860 g/mol. The molecule has 6 aliphatic rings. The predicted molar refractivity (Wildman–Crippen MR) is 263 cm³/mol. The van der Waals surface area contributed by atoms with E-state index in [4.69, 9.17) is 14.3 Å². The van der Waals surface area contributed by atoms with E-state index in [0.717, 1.165) is 66.9 Å². The molecule has 3 N–H and O–H groups in total. The van der Waals surface area contributed by atoms with Crippen molar-refractivity contribution in [3.8, 4) is 0 Å². The third kappa shape index (κ3) is 11.7. The van der Waals surface area contributed by atoms with Crippen molar-refractivity contribution >= 4 is 34.0 Å². The molecule has 7 unspecified atom stereocenters. The number of benzene rings is 2. The fraction of sp³-hybridized carbons (Fsp3) is 0.667. The molecule has 1 amide bonds. The lowest BCUT2D eigenvalue weighted by Crippen LogP contribution is -2.63. The predicted octanol–water partition coefficient (Wildman–Crippen LogP) is 11.4. The number of allylic oxidation sites excluding steroid dienone is 2. The van der Waals surface area contributed by atoms with Crippen molar-refractivity contribution in [2.75, 3.05) is 51.9 Å². The highest BCUT2D eigenvalue weighted by Gasteiger charge is 2.65. The average Bonchev–Trinajstić information content (AvgIpc) is 3.71. The summed E-state index contributed by atoms with van der Waals surface area (Å²) < 4.78 is 53.9. The number of alkyl halides is 3. The zero-order valence-electron chi connectivity index (χ0n) is 41.4. The van der Waals surface area contributed by atoms with Gasteiger partial charge >= 0.3 is 18.1 Å². The van der Waals surface area contributed by atoms with Crippen molar-refractivity contribution in [1.82, 2.24) is 10.2 Å². The first-order valence-corrected chi connectivity index (χ1v) is 26.0. The van der Waals surface area contributed by atoms with Crippen LogP contribution in [-0.2, 0) is 25.1 Å². The summed E-state index contributed by atoms with van der Waals surface area (Å²) in [4.78, 5) is 23.7. The van der Waals surface area contributed by atoms with Crippen LogP contribution in [0.1, 0.15) is 139 Å². The molecule has 368 valence electrons. The van der Waals surface area contributed by atoms with Gasteiger partial charge in [-0.1, -0.05) is 109 Å². The van der Waals surface area contributed by atoms with E-state index in [1.54, 1.807) is 7.11 Å². The lowest BCUT2D eigenvalue weighted by atomic mass is 9.37. The first-order valence-electron chi connectivity index (χ1n) is 24.5. The number of amides is 1. The number of carbonyl (C=O) groups is 2. The second-order valence-corrected chi connectivity index (χ2v) is 22.7. The van der Waals surface area contributed by atoms with Crippen molar-refractivity contribution in [1.29, 1.82) is 0 Å². The standard InChI is InChI=1S/C39H58N2O3S.C10H12O.C3H8.C2H2F3NO/c1-36(2)30(27-8-10-28(11-9-27)35(42)44-5)14-18-38(4)33(36)16-19-37(3)31-15-20-39(40-21-22-41-23-25-45(43)26-24-41)17-6-7-32(39)29(31)12-13-34(37)38;1-8-4-6-10(7-5-8)9(2)11-3;1-3-2;3-2(4,5)1(6)7/h8-11,14,29,31-34,40H,6-7,12-13,15-26H2,1-5H3;4-7H,2H2,1,3H3;3H2,1-2H3;(H2,6,7)/t29?,31?,32-,33?,34?,37?,38?,39?;;;/m1.../s1. The molecule has 0 radical (unpaired) electrons. The maximum Gasteiger partial charge on any atom is 0.470 e. The minimum absolute atomic E-state index is 0.0957. The van der Waals surface area contributed by atoms with Gasteiger partial charge in [-0.25, -0.2) is 4.79 Å². The Labute approximate surface area is 396 Å². The molecule has 8 atom stereocenters. The number of primary amides is 1. The molecule has 8 rings (SSSR count). The molecule has 0 bridgehead atoms. The van der Waals surface area contributed by atoms with E-state index in [0.29, 0.717) is 33.6 Å². The van der Waals surface area contributed by atoms with E-state index < -0.39 is 22.9 Å². The van der Waals surface area contributed by atoms with E-state index in [9.17, 15) is 22.2 Å². The molecule has 0 spiro atoms. The average molecular weight is 940 g/mol. The molecule has 4 saturated carbocycles. The number of carbonyl (C=O) groups excluding carboxylic acids is 2. The van der Waals surface area contributed by atoms with Crippen molar-refractivity contribution in [3.63, 3.8) is 0 Å². The smallest absolute Gasteiger partial charge is 0.470 e. The Morgan fingerprint density at radius 1 is 0.833 bits per heavy atom. The molecule has 0 aromatic heterocycles. The van der Waals surface area contributed by atoms with Gasteiger partial charge in [0.1, 0.15) is 5.76 Å². The van der Waals surface area contributed by atoms with Gasteiger partial charge in [-0.3, -0.25) is 9.00 Å². The number of fused-ring (bicyclic) bond motifs is 7. The van der Waals surface area contributed by atoms with Crippen LogP contribution in [0.15, 0.2) is 61.2 Å². The van der Waals surface area contributed by atoms with Crippen molar-refractivity contribution in [3.05, 3.63) is 83.4 Å². The Balaban J connectivity index is 0.000000322. The Hall–Kier alpha value is -3.48. The molecule has 1 aliphatic heterocycles. The van der Waals surface area contributed by atoms with E-state index in [-0.39, 0.29) is 11.4 Å². The number of nitrogens with two attached hydrogens (primary N) is 1. The number of hydrogen-bond acceptors (Lipinski definition) is 7. The van der Waals surface area contributed by atoms with Gasteiger partial charge in [0.2, 0.25) is 0 Å². The fourth-order valence-corrected chi connectivity index (χ4v) is 14.9. The highest BCUT2D eigenvalue weighted by atomic mass is 32.2. The van der Waals surface area contributed by atoms with Gasteiger partial charge < -0.3 is 25.4 Å². The number of nitrogens with zero attached hydrogens (tertiary/aromatic N) is 1. The first kappa shape index (κ1) is 53.5. The van der Waals surface area contributed by atoms with E-state index in [1.165, 1.54) is 94.4 Å². The molecule has 1 heterocycles. The number of ether oxygens (including phenoxy) is 2. The number of aryl methyl sites for hydroxylation is 1. The van der Waals surface area contributed by atoms with Gasteiger partial charge in [0.25, 0.3) is 0 Å². The molecule has 5 aliphatic carbocycles. The van der Waals surface area contributed by atoms with E-state index in [1.807, 2.05) is 36.4 Å². The molecule has 12 heteroatoms. The van der Waals surface area contributed by atoms with Gasteiger partial charge in [-0.2, -0.15) is 13.2 Å². The van der Waals surface area contributed by atoms with Crippen molar-refractivity contribution in [2.45, 2.75) is 131 Å². The van der Waals surface area contributed by atoms with E-state index in [2.05, 4.69) is 89.2 Å². The Kier molecular flexibility index (Phi) is 18.1. The lowest BCUT2D eigenvalue weighted by Gasteiger charge is -2.68. The summed E-state index contributed by atoms with van der Waals surface area (Å²) in [5.74, 6) is 3.95. The number of nitrogens with one attached hydrogen (secondary N) is 1. The molecule has 5 fully saturated rings. The SMILES string of the molecule is C=C(OC)c1ccc(C)cc1.CCC.COC(=O)c1ccc(C2=CCC3(C)C(CCC4(C)C5CCC6(NCCN7CCS(=O)CC7)CCC[C@@H]6C5CCC43)C2(C)C)cc1.NC(=O)C(F)(F)F. The van der Waals surface area contributed by atoms with Crippen molar-refractivity contribution < 1.29 is 36.4 Å². The number of rotatable bonds is 8. The minimum Gasteiger partial charge on any atom is -0.497 e. The van der Waals surface area contributed by atoms with Crippen LogP contribution < -0.4 is 11.1 Å². The van der Waals surface area contributed by atoms with Crippen LogP contribution in [0.3, 0.4) is 0 Å². The Morgan fingerprint density at radius 2 is 1.44 bits per heavy atom. The zero-order chi connectivity index (χ0) is 48.7. The third-order valence-corrected chi connectivity index (χ3v) is 18.1.